The number of carbonyl (C=O) groups excluding carboxylic acids is 1. The summed E-state index contributed by atoms with van der Waals surface area (Å²) in [6.07, 6.45) is 4.47. The van der Waals surface area contributed by atoms with E-state index in [4.69, 9.17) is 5.84 Å². The van der Waals surface area contributed by atoms with Crippen LogP contribution in [0, 0.1) is 0 Å². The van der Waals surface area contributed by atoms with Crippen molar-refractivity contribution in [1.29, 1.82) is 0 Å². The number of hydrazine groups is 1. The fourth-order valence-corrected chi connectivity index (χ4v) is 2.72. The van der Waals surface area contributed by atoms with Gasteiger partial charge in [-0.3, -0.25) is 19.4 Å². The number of carbonyl (C=O) groups is 1. The van der Waals surface area contributed by atoms with Gasteiger partial charge in [-0.2, -0.15) is 0 Å². The van der Waals surface area contributed by atoms with Crippen LogP contribution in [-0.2, 0) is 13.1 Å². The summed E-state index contributed by atoms with van der Waals surface area (Å²) in [6.45, 7) is 3.22. The van der Waals surface area contributed by atoms with Gasteiger partial charge in [0.05, 0.1) is 11.4 Å². The fourth-order valence-electron chi connectivity index (χ4n) is 1.81. The van der Waals surface area contributed by atoms with Crippen LogP contribution < -0.4 is 17.0 Å². The molecule has 0 aromatic carbocycles. The number of aryl methyl sites for hydroxylation is 1. The maximum absolute atomic E-state index is 12.0. The molecule has 2 rings (SSSR count). The molecule has 2 heterocycles. The second-order valence-corrected chi connectivity index (χ2v) is 5.31. The summed E-state index contributed by atoms with van der Waals surface area (Å²) in [4.78, 5) is 24.8. The van der Waals surface area contributed by atoms with Crippen LogP contribution in [0.5, 0.6) is 0 Å². The summed E-state index contributed by atoms with van der Waals surface area (Å²) < 4.78 is 3.31. The summed E-state index contributed by atoms with van der Waals surface area (Å²) in [5, 5.41) is 0. The van der Waals surface area contributed by atoms with E-state index in [1.807, 2.05) is 13.0 Å². The third-order valence-corrected chi connectivity index (χ3v) is 3.79. The van der Waals surface area contributed by atoms with Gasteiger partial charge in [0.25, 0.3) is 5.91 Å². The highest BCUT2D eigenvalue weighted by molar-refractivity contribution is 7.14. The van der Waals surface area contributed by atoms with Gasteiger partial charge in [-0.15, -0.1) is 11.3 Å². The molecule has 102 valence electrons. The number of nitrogen functional groups attached to an aromatic ring is 1. The zero-order valence-corrected chi connectivity index (χ0v) is 11.4. The molecule has 2 aromatic heterocycles. The molecule has 0 aliphatic rings. The largest absolute Gasteiger partial charge is 0.328 e. The van der Waals surface area contributed by atoms with Gasteiger partial charge in [0.1, 0.15) is 0 Å². The number of imidazole rings is 1. The minimum atomic E-state index is -0.313. The van der Waals surface area contributed by atoms with Gasteiger partial charge in [0.2, 0.25) is 0 Å². The number of nitrogens with zero attached hydrogens (tertiary/aromatic N) is 2. The van der Waals surface area contributed by atoms with Crippen LogP contribution in [0.3, 0.4) is 0 Å². The molecule has 0 radical (unpaired) electrons. The monoisotopic (exact) mass is 280 g/mol. The van der Waals surface area contributed by atoms with Crippen LogP contribution in [0.1, 0.15) is 27.9 Å². The van der Waals surface area contributed by atoms with Crippen molar-refractivity contribution in [3.8, 4) is 0 Å². The predicted octanol–water partition coefficient (Wildman–Crippen LogP) is 0.773. The van der Waals surface area contributed by atoms with E-state index in [0.29, 0.717) is 11.4 Å². The third-order valence-electron chi connectivity index (χ3n) is 2.73. The summed E-state index contributed by atoms with van der Waals surface area (Å²) >= 11 is 1.33. The Kier molecular flexibility index (Phi) is 4.18. The minimum Gasteiger partial charge on any atom is -0.299 e. The summed E-state index contributed by atoms with van der Waals surface area (Å²) in [5.74, 6) is 4.76. The number of thiophene rings is 1. The Balaban J connectivity index is 2.15. The molecule has 0 bridgehead atoms. The number of nitrogens with two attached hydrogens (primary N) is 1. The topological polar surface area (TPSA) is 82.1 Å². The number of rotatable bonds is 5. The number of hydrogen-bond donors (Lipinski definition) is 2. The summed E-state index contributed by atoms with van der Waals surface area (Å²) in [5.41, 5.74) is 2.06. The molecule has 6 nitrogen and oxygen atoms in total. The van der Waals surface area contributed by atoms with E-state index >= 15 is 0 Å². The zero-order chi connectivity index (χ0) is 13.8. The van der Waals surface area contributed by atoms with Crippen LogP contribution in [0.4, 0.5) is 0 Å². The van der Waals surface area contributed by atoms with Crippen molar-refractivity contribution in [3.63, 3.8) is 0 Å². The average molecular weight is 280 g/mol. The highest BCUT2D eigenvalue weighted by Gasteiger charge is 2.09. The fraction of sp³-hybridized carbons (Fsp3) is 0.333. The van der Waals surface area contributed by atoms with Gasteiger partial charge < -0.3 is 0 Å². The molecule has 0 unspecified atom stereocenters. The molecule has 3 N–H and O–H groups in total. The van der Waals surface area contributed by atoms with Crippen molar-refractivity contribution in [2.75, 3.05) is 0 Å². The third kappa shape index (κ3) is 2.94. The first-order chi connectivity index (χ1) is 9.15. The van der Waals surface area contributed by atoms with Crippen molar-refractivity contribution in [2.24, 2.45) is 5.84 Å². The second kappa shape index (κ2) is 5.85. The normalized spacial score (nSPS) is 10.6. The maximum Gasteiger partial charge on any atom is 0.328 e. The second-order valence-electron chi connectivity index (χ2n) is 4.14. The molecule has 2 aromatic rings. The van der Waals surface area contributed by atoms with Crippen molar-refractivity contribution in [2.45, 2.75) is 26.4 Å². The number of aromatic nitrogens is 2. The van der Waals surface area contributed by atoms with E-state index in [9.17, 15) is 9.59 Å². The van der Waals surface area contributed by atoms with Crippen molar-refractivity contribution in [3.05, 3.63) is 44.8 Å². The highest BCUT2D eigenvalue weighted by Crippen LogP contribution is 2.16. The molecule has 0 aliphatic carbocycles. The molecule has 0 aliphatic heterocycles. The first-order valence-corrected chi connectivity index (χ1v) is 6.82. The molecule has 0 atom stereocenters. The van der Waals surface area contributed by atoms with Gasteiger partial charge in [-0.05, 0) is 18.6 Å². The van der Waals surface area contributed by atoms with Crippen molar-refractivity contribution in [1.82, 2.24) is 14.6 Å². The van der Waals surface area contributed by atoms with E-state index < -0.39 is 0 Å². The van der Waals surface area contributed by atoms with Crippen LogP contribution in [-0.4, -0.2) is 15.0 Å². The highest BCUT2D eigenvalue weighted by atomic mass is 32.1. The molecular formula is C12H16N4O2S. The molecule has 7 heteroatoms. The number of amides is 1. The average Bonchev–Trinajstić information content (AvgIpc) is 3.00. The standard InChI is InChI=1S/C12H16N4O2S/c1-2-5-15-6-7-16(12(15)18)8-9-3-4-10(19-9)11(17)14-13/h3-4,6-7H,2,5,8,13H2,1H3,(H,14,17). The number of hydrogen-bond acceptors (Lipinski definition) is 4. The molecule has 0 fully saturated rings. The lowest BCUT2D eigenvalue weighted by atomic mass is 10.4. The van der Waals surface area contributed by atoms with Gasteiger partial charge in [0.15, 0.2) is 0 Å². The predicted molar refractivity (Wildman–Crippen MR) is 74.1 cm³/mol. The minimum absolute atomic E-state index is 0.0277. The lowest BCUT2D eigenvalue weighted by Gasteiger charge is -1.99. The smallest absolute Gasteiger partial charge is 0.299 e. The Bertz CT molecular complexity index is 626. The van der Waals surface area contributed by atoms with Crippen molar-refractivity contribution >= 4 is 17.2 Å². The van der Waals surface area contributed by atoms with Gasteiger partial charge >= 0.3 is 5.69 Å². The first kappa shape index (κ1) is 13.6. The van der Waals surface area contributed by atoms with E-state index in [-0.39, 0.29) is 11.6 Å². The van der Waals surface area contributed by atoms with Crippen LogP contribution in [0.2, 0.25) is 0 Å². The molecule has 1 amide bonds. The van der Waals surface area contributed by atoms with E-state index in [2.05, 4.69) is 5.43 Å². The number of nitrogens with one attached hydrogen (secondary N) is 1. The quantitative estimate of drug-likeness (QED) is 0.482. The lowest BCUT2D eigenvalue weighted by Crippen LogP contribution is -2.29. The molecule has 0 saturated carbocycles. The first-order valence-electron chi connectivity index (χ1n) is 6.01. The van der Waals surface area contributed by atoms with E-state index in [1.165, 1.54) is 11.3 Å². The van der Waals surface area contributed by atoms with Crippen LogP contribution in [0.15, 0.2) is 29.3 Å². The Hall–Kier alpha value is -1.86. The van der Waals surface area contributed by atoms with Crippen LogP contribution in [0.25, 0.3) is 0 Å². The van der Waals surface area contributed by atoms with Gasteiger partial charge in [-0.1, -0.05) is 6.92 Å². The van der Waals surface area contributed by atoms with Gasteiger partial charge in [0, 0.05) is 23.8 Å². The molecule has 0 spiro atoms. The Morgan fingerprint density at radius 1 is 1.37 bits per heavy atom. The molecule has 19 heavy (non-hydrogen) atoms. The molecular weight excluding hydrogens is 264 g/mol. The van der Waals surface area contributed by atoms with Crippen LogP contribution >= 0.6 is 11.3 Å². The SMILES string of the molecule is CCCn1ccn(Cc2ccc(C(=O)NN)s2)c1=O. The van der Waals surface area contributed by atoms with Crippen molar-refractivity contribution < 1.29 is 4.79 Å². The molecule has 0 saturated heterocycles. The Morgan fingerprint density at radius 3 is 2.79 bits per heavy atom. The lowest BCUT2D eigenvalue weighted by molar-refractivity contribution is 0.0957. The van der Waals surface area contributed by atoms with E-state index in [1.54, 1.807) is 27.6 Å². The Labute approximate surface area is 114 Å². The summed E-state index contributed by atoms with van der Waals surface area (Å²) in [7, 11) is 0. The Morgan fingerprint density at radius 2 is 2.11 bits per heavy atom. The summed E-state index contributed by atoms with van der Waals surface area (Å²) in [6, 6.07) is 3.54. The van der Waals surface area contributed by atoms with E-state index in [0.717, 1.165) is 17.8 Å². The van der Waals surface area contributed by atoms with Gasteiger partial charge in [-0.25, -0.2) is 10.6 Å². The zero-order valence-electron chi connectivity index (χ0n) is 10.6. The maximum atomic E-state index is 12.0.